The third-order valence-corrected chi connectivity index (χ3v) is 4.83. The van der Waals surface area contributed by atoms with E-state index in [1.54, 1.807) is 24.3 Å². The zero-order valence-corrected chi connectivity index (χ0v) is 15.2. The van der Waals surface area contributed by atoms with E-state index in [1.165, 1.54) is 17.7 Å². The van der Waals surface area contributed by atoms with Crippen LogP contribution >= 0.6 is 22.9 Å². The highest BCUT2D eigenvalue weighted by molar-refractivity contribution is 7.22. The molecule has 2 heterocycles. The first-order chi connectivity index (χ1) is 13.1. The molecular weight excluding hydrogens is 388 g/mol. The number of aromatic nitrogens is 3. The highest BCUT2D eigenvalue weighted by atomic mass is 35.5. The molecule has 27 heavy (non-hydrogen) atoms. The minimum absolute atomic E-state index is 0.0607. The fourth-order valence-electron chi connectivity index (χ4n) is 2.43. The summed E-state index contributed by atoms with van der Waals surface area (Å²) in [7, 11) is 0. The fourth-order valence-corrected chi connectivity index (χ4v) is 3.42. The van der Waals surface area contributed by atoms with Crippen molar-refractivity contribution >= 4 is 61.3 Å². The SMILES string of the molecule is O=[N+]([O-])c1c(Nc2ccc(Cl)cc2)ncnc1Nc1nc2ccccc2s1. The van der Waals surface area contributed by atoms with Crippen molar-refractivity contribution in [2.24, 2.45) is 0 Å². The number of para-hydroxylation sites is 1. The van der Waals surface area contributed by atoms with Crippen LogP contribution in [-0.4, -0.2) is 19.9 Å². The third-order valence-electron chi connectivity index (χ3n) is 3.63. The molecule has 2 aromatic heterocycles. The molecule has 0 atom stereocenters. The molecule has 0 bridgehead atoms. The van der Waals surface area contributed by atoms with Gasteiger partial charge in [-0.3, -0.25) is 10.1 Å². The Bertz CT molecular complexity index is 1100. The second-order valence-corrected chi connectivity index (χ2v) is 6.89. The van der Waals surface area contributed by atoms with Gasteiger partial charge < -0.3 is 10.6 Å². The number of fused-ring (bicyclic) bond motifs is 1. The van der Waals surface area contributed by atoms with Gasteiger partial charge >= 0.3 is 5.69 Å². The quantitative estimate of drug-likeness (QED) is 0.354. The summed E-state index contributed by atoms with van der Waals surface area (Å²) in [5.74, 6) is 0.131. The molecule has 4 aromatic rings. The van der Waals surface area contributed by atoms with E-state index in [2.05, 4.69) is 25.6 Å². The smallest absolute Gasteiger partial charge is 0.334 e. The van der Waals surface area contributed by atoms with E-state index in [9.17, 15) is 10.1 Å². The number of hydrogen-bond acceptors (Lipinski definition) is 8. The molecule has 4 rings (SSSR count). The van der Waals surface area contributed by atoms with Gasteiger partial charge in [-0.25, -0.2) is 15.0 Å². The topological polar surface area (TPSA) is 106 Å². The molecule has 134 valence electrons. The molecule has 0 amide bonds. The summed E-state index contributed by atoms with van der Waals surface area (Å²) >= 11 is 7.25. The number of nitrogens with zero attached hydrogens (tertiary/aromatic N) is 4. The summed E-state index contributed by atoms with van der Waals surface area (Å²) in [4.78, 5) is 23.6. The van der Waals surface area contributed by atoms with Gasteiger partial charge in [0.2, 0.25) is 11.6 Å². The second kappa shape index (κ2) is 7.14. The second-order valence-electron chi connectivity index (χ2n) is 5.42. The zero-order chi connectivity index (χ0) is 18.8. The van der Waals surface area contributed by atoms with Gasteiger partial charge in [0, 0.05) is 10.7 Å². The zero-order valence-electron chi connectivity index (χ0n) is 13.6. The van der Waals surface area contributed by atoms with Crippen molar-refractivity contribution in [3.63, 3.8) is 0 Å². The number of nitro groups is 1. The fraction of sp³-hybridized carbons (Fsp3) is 0. The van der Waals surface area contributed by atoms with Crippen LogP contribution < -0.4 is 10.6 Å². The van der Waals surface area contributed by atoms with Crippen LogP contribution in [0.3, 0.4) is 0 Å². The Kier molecular flexibility index (Phi) is 4.53. The highest BCUT2D eigenvalue weighted by Gasteiger charge is 2.24. The normalized spacial score (nSPS) is 10.7. The van der Waals surface area contributed by atoms with Gasteiger partial charge in [-0.1, -0.05) is 35.1 Å². The van der Waals surface area contributed by atoms with Gasteiger partial charge in [-0.2, -0.15) is 0 Å². The first-order valence-corrected chi connectivity index (χ1v) is 8.94. The predicted molar refractivity (Wildman–Crippen MR) is 106 cm³/mol. The first kappa shape index (κ1) is 17.1. The van der Waals surface area contributed by atoms with Gasteiger partial charge in [-0.05, 0) is 36.4 Å². The van der Waals surface area contributed by atoms with Crippen molar-refractivity contribution in [2.45, 2.75) is 0 Å². The Labute approximate surface area is 162 Å². The van der Waals surface area contributed by atoms with E-state index in [1.807, 2.05) is 24.3 Å². The van der Waals surface area contributed by atoms with Gasteiger partial charge in [0.15, 0.2) is 5.13 Å². The molecule has 0 radical (unpaired) electrons. The van der Waals surface area contributed by atoms with Crippen molar-refractivity contribution in [3.8, 4) is 0 Å². The Morgan fingerprint density at radius 2 is 1.70 bits per heavy atom. The lowest BCUT2D eigenvalue weighted by Crippen LogP contribution is -2.05. The summed E-state index contributed by atoms with van der Waals surface area (Å²) < 4.78 is 0.969. The van der Waals surface area contributed by atoms with E-state index < -0.39 is 4.92 Å². The molecule has 0 saturated heterocycles. The van der Waals surface area contributed by atoms with Crippen LogP contribution in [0.4, 0.5) is 28.1 Å². The van der Waals surface area contributed by atoms with Gasteiger partial charge in [-0.15, -0.1) is 0 Å². The van der Waals surface area contributed by atoms with Crippen LogP contribution in [0, 0.1) is 10.1 Å². The Balaban J connectivity index is 1.69. The van der Waals surface area contributed by atoms with E-state index in [0.29, 0.717) is 15.8 Å². The minimum atomic E-state index is -0.534. The van der Waals surface area contributed by atoms with Crippen molar-refractivity contribution in [3.05, 3.63) is 70.0 Å². The largest absolute Gasteiger partial charge is 0.353 e. The summed E-state index contributed by atoms with van der Waals surface area (Å²) in [6.07, 6.45) is 1.25. The molecule has 2 N–H and O–H groups in total. The van der Waals surface area contributed by atoms with E-state index >= 15 is 0 Å². The minimum Gasteiger partial charge on any atom is -0.334 e. The van der Waals surface area contributed by atoms with Crippen molar-refractivity contribution in [1.29, 1.82) is 0 Å². The molecule has 0 aliphatic heterocycles. The van der Waals surface area contributed by atoms with Gasteiger partial charge in [0.1, 0.15) is 6.33 Å². The number of anilines is 4. The average molecular weight is 399 g/mol. The number of benzene rings is 2. The van der Waals surface area contributed by atoms with Crippen LogP contribution in [0.5, 0.6) is 0 Å². The highest BCUT2D eigenvalue weighted by Crippen LogP contribution is 2.35. The Hall–Kier alpha value is -3.30. The standard InChI is InChI=1S/C17H11ClN6O2S/c18-10-5-7-11(8-6-10)21-15-14(24(25)26)16(20-9-19-15)23-17-22-12-3-1-2-4-13(12)27-17/h1-9H,(H2,19,20,21,22,23). The van der Waals surface area contributed by atoms with Crippen molar-refractivity contribution in [1.82, 2.24) is 15.0 Å². The molecule has 0 unspecified atom stereocenters. The van der Waals surface area contributed by atoms with Gasteiger partial charge in [0.25, 0.3) is 0 Å². The van der Waals surface area contributed by atoms with Gasteiger partial charge in [0.05, 0.1) is 15.1 Å². The van der Waals surface area contributed by atoms with Crippen LogP contribution in [0.1, 0.15) is 0 Å². The van der Waals surface area contributed by atoms with E-state index in [4.69, 9.17) is 11.6 Å². The summed E-state index contributed by atoms with van der Waals surface area (Å²) in [5.41, 5.74) is 1.15. The Morgan fingerprint density at radius 3 is 2.41 bits per heavy atom. The van der Waals surface area contributed by atoms with Crippen molar-refractivity contribution in [2.75, 3.05) is 10.6 Å². The average Bonchev–Trinajstić information content (AvgIpc) is 3.06. The van der Waals surface area contributed by atoms with Crippen molar-refractivity contribution < 1.29 is 4.92 Å². The summed E-state index contributed by atoms with van der Waals surface area (Å²) in [5, 5.41) is 18.6. The van der Waals surface area contributed by atoms with Crippen LogP contribution in [0.2, 0.25) is 5.02 Å². The molecule has 0 saturated carbocycles. The van der Waals surface area contributed by atoms with E-state index in [0.717, 1.165) is 10.2 Å². The monoisotopic (exact) mass is 398 g/mol. The number of rotatable bonds is 5. The molecular formula is C17H11ClN6O2S. The molecule has 0 fully saturated rings. The molecule has 10 heteroatoms. The molecule has 8 nitrogen and oxygen atoms in total. The number of halogens is 1. The summed E-state index contributed by atoms with van der Waals surface area (Å²) in [6, 6.07) is 14.4. The lowest BCUT2D eigenvalue weighted by atomic mass is 10.3. The molecule has 2 aromatic carbocycles. The maximum absolute atomic E-state index is 11.7. The van der Waals surface area contributed by atoms with E-state index in [-0.39, 0.29) is 17.3 Å². The maximum atomic E-state index is 11.7. The Morgan fingerprint density at radius 1 is 1.00 bits per heavy atom. The number of hydrogen-bond donors (Lipinski definition) is 2. The van der Waals surface area contributed by atoms with Crippen LogP contribution in [0.25, 0.3) is 10.2 Å². The lowest BCUT2D eigenvalue weighted by molar-refractivity contribution is -0.383. The number of thiazole rings is 1. The molecule has 0 aliphatic rings. The predicted octanol–water partition coefficient (Wildman–Crippen LogP) is 5.14. The van der Waals surface area contributed by atoms with Crippen LogP contribution in [0.15, 0.2) is 54.9 Å². The third kappa shape index (κ3) is 3.64. The maximum Gasteiger partial charge on any atom is 0.353 e. The summed E-state index contributed by atoms with van der Waals surface area (Å²) in [6.45, 7) is 0. The van der Waals surface area contributed by atoms with Crippen LogP contribution in [-0.2, 0) is 0 Å². The molecule has 0 spiro atoms. The lowest BCUT2D eigenvalue weighted by Gasteiger charge is -2.08. The molecule has 0 aliphatic carbocycles. The first-order valence-electron chi connectivity index (χ1n) is 7.75. The number of nitrogens with one attached hydrogen (secondary N) is 2.